The van der Waals surface area contributed by atoms with Crippen LogP contribution >= 0.6 is 7.82 Å². The number of phosphoric ester groups is 1. The number of anilines is 1. The molecule has 10 heteroatoms. The number of rotatable bonds is 7. The Bertz CT molecular complexity index is 1570. The minimum atomic E-state index is -4.75. The highest BCUT2D eigenvalue weighted by atomic mass is 31.2. The lowest BCUT2D eigenvalue weighted by molar-refractivity contribution is -0.113. The molecule has 0 saturated heterocycles. The SMILES string of the molecule is C=CC(=O)N(C)c1cccc(-c2cnc3c(c2)c(-c2cccc(C#N)c2)cn3C(C)OP(=O)(O)O)c1. The molecule has 1 atom stereocenters. The molecule has 4 rings (SSSR count). The number of nitrogens with zero attached hydrogens (tertiary/aromatic N) is 4. The van der Waals surface area contributed by atoms with Crippen molar-refractivity contribution in [2.75, 3.05) is 11.9 Å². The first-order chi connectivity index (χ1) is 17.1. The number of pyridine rings is 1. The molecule has 0 radical (unpaired) electrons. The first-order valence-corrected chi connectivity index (χ1v) is 12.4. The van der Waals surface area contributed by atoms with Crippen LogP contribution in [0.3, 0.4) is 0 Å². The average molecular weight is 502 g/mol. The van der Waals surface area contributed by atoms with E-state index in [1.165, 1.54) is 17.9 Å². The molecule has 1 unspecified atom stereocenters. The standard InChI is InChI=1S/C26H23N4O5P/c1-4-25(31)29(3)22-10-6-8-19(12-22)21-13-23-24(20-9-5-7-18(11-20)14-27)16-30(26(23)28-15-21)17(2)35-36(32,33)34/h4-13,15-17H,1H2,2-3H3,(H2,32,33,34). The molecule has 2 heterocycles. The summed E-state index contributed by atoms with van der Waals surface area (Å²) < 4.78 is 17.9. The van der Waals surface area contributed by atoms with Crippen molar-refractivity contribution in [2.45, 2.75) is 13.2 Å². The third-order valence-corrected chi connectivity index (χ3v) is 6.31. The van der Waals surface area contributed by atoms with Gasteiger partial charge in [0.05, 0.1) is 11.6 Å². The van der Waals surface area contributed by atoms with Crippen LogP contribution in [0.15, 0.2) is 79.6 Å². The summed E-state index contributed by atoms with van der Waals surface area (Å²) in [6.45, 7) is 5.04. The molecule has 2 aromatic heterocycles. The maximum Gasteiger partial charge on any atom is 0.471 e. The van der Waals surface area contributed by atoms with E-state index in [-0.39, 0.29) is 5.91 Å². The van der Waals surface area contributed by atoms with Crippen LogP contribution in [0.5, 0.6) is 0 Å². The number of likely N-dealkylation sites (N-methyl/N-ethyl adjacent to an activating group) is 1. The van der Waals surface area contributed by atoms with Crippen LogP contribution in [0.1, 0.15) is 18.7 Å². The van der Waals surface area contributed by atoms with Gasteiger partial charge in [0.2, 0.25) is 5.91 Å². The van der Waals surface area contributed by atoms with Crippen molar-refractivity contribution < 1.29 is 23.7 Å². The molecule has 0 spiro atoms. The summed E-state index contributed by atoms with van der Waals surface area (Å²) in [6.07, 6.45) is 3.57. The highest BCUT2D eigenvalue weighted by Gasteiger charge is 2.23. The Kier molecular flexibility index (Phi) is 6.88. The van der Waals surface area contributed by atoms with Crippen molar-refractivity contribution in [3.05, 3.63) is 85.2 Å². The molecule has 1 amide bonds. The van der Waals surface area contributed by atoms with Crippen LogP contribution in [-0.2, 0) is 13.9 Å². The number of aromatic nitrogens is 2. The second kappa shape index (κ2) is 9.90. The maximum atomic E-state index is 12.1. The molecule has 0 aliphatic rings. The molecule has 0 fully saturated rings. The van der Waals surface area contributed by atoms with Gasteiger partial charge in [-0.3, -0.25) is 9.32 Å². The van der Waals surface area contributed by atoms with Crippen LogP contribution in [-0.4, -0.2) is 32.3 Å². The van der Waals surface area contributed by atoms with E-state index in [1.54, 1.807) is 42.2 Å². The lowest BCUT2D eigenvalue weighted by Gasteiger charge is -2.17. The largest absolute Gasteiger partial charge is 0.471 e. The van der Waals surface area contributed by atoms with E-state index in [2.05, 4.69) is 17.6 Å². The molecule has 9 nitrogen and oxygen atoms in total. The third kappa shape index (κ3) is 5.13. The maximum absolute atomic E-state index is 12.1. The smallest absolute Gasteiger partial charge is 0.312 e. The van der Waals surface area contributed by atoms with Gasteiger partial charge in [-0.1, -0.05) is 30.8 Å². The fraction of sp³-hybridized carbons (Fsp3) is 0.115. The van der Waals surface area contributed by atoms with E-state index in [9.17, 15) is 24.4 Å². The summed E-state index contributed by atoms with van der Waals surface area (Å²) >= 11 is 0. The number of phosphoric acid groups is 1. The predicted octanol–water partition coefficient (Wildman–Crippen LogP) is 5.02. The number of benzene rings is 2. The predicted molar refractivity (Wildman–Crippen MR) is 137 cm³/mol. The van der Waals surface area contributed by atoms with Crippen molar-refractivity contribution in [2.24, 2.45) is 0 Å². The summed E-state index contributed by atoms with van der Waals surface area (Å²) in [5.41, 5.74) is 4.64. The van der Waals surface area contributed by atoms with Crippen LogP contribution < -0.4 is 4.90 Å². The molecule has 0 bridgehead atoms. The van der Waals surface area contributed by atoms with E-state index in [4.69, 9.17) is 4.52 Å². The summed E-state index contributed by atoms with van der Waals surface area (Å²) in [4.78, 5) is 36.8. The first kappa shape index (κ1) is 25.0. The number of carbonyl (C=O) groups is 1. The fourth-order valence-corrected chi connectivity index (χ4v) is 4.46. The molecule has 36 heavy (non-hydrogen) atoms. The van der Waals surface area contributed by atoms with Crippen LogP contribution in [0.4, 0.5) is 5.69 Å². The van der Waals surface area contributed by atoms with Crippen molar-refractivity contribution in [3.8, 4) is 28.3 Å². The molecule has 2 N–H and O–H groups in total. The molecular formula is C26H23N4O5P. The second-order valence-electron chi connectivity index (χ2n) is 8.08. The number of carbonyl (C=O) groups excluding carboxylic acids is 1. The topological polar surface area (TPSA) is 129 Å². The van der Waals surface area contributed by atoms with Crippen molar-refractivity contribution in [3.63, 3.8) is 0 Å². The summed E-state index contributed by atoms with van der Waals surface area (Å²) in [7, 11) is -3.09. The van der Waals surface area contributed by atoms with Gasteiger partial charge in [0.25, 0.3) is 0 Å². The monoisotopic (exact) mass is 502 g/mol. The number of fused-ring (bicyclic) bond motifs is 1. The van der Waals surface area contributed by atoms with Crippen LogP contribution in [0, 0.1) is 11.3 Å². The van der Waals surface area contributed by atoms with Gasteiger partial charge in [0.1, 0.15) is 11.9 Å². The highest BCUT2D eigenvalue weighted by Crippen LogP contribution is 2.42. The average Bonchev–Trinajstić information content (AvgIpc) is 3.26. The van der Waals surface area contributed by atoms with Gasteiger partial charge in [-0.15, -0.1) is 0 Å². The Labute approximate surface area is 207 Å². The lowest BCUT2D eigenvalue weighted by atomic mass is 10.0. The molecule has 0 aliphatic carbocycles. The molecule has 182 valence electrons. The first-order valence-electron chi connectivity index (χ1n) is 10.9. The van der Waals surface area contributed by atoms with Gasteiger partial charge >= 0.3 is 7.82 Å². The Balaban J connectivity index is 1.89. The van der Waals surface area contributed by atoms with Crippen LogP contribution in [0.25, 0.3) is 33.3 Å². The zero-order chi connectivity index (χ0) is 26.0. The van der Waals surface area contributed by atoms with Crippen molar-refractivity contribution in [1.29, 1.82) is 5.26 Å². The number of hydrogen-bond donors (Lipinski definition) is 2. The van der Waals surface area contributed by atoms with Crippen molar-refractivity contribution >= 4 is 30.5 Å². The fourth-order valence-electron chi connectivity index (χ4n) is 3.96. The molecule has 0 aliphatic heterocycles. The minimum Gasteiger partial charge on any atom is -0.312 e. The Morgan fingerprint density at radius 1 is 1.19 bits per heavy atom. The Morgan fingerprint density at radius 2 is 1.92 bits per heavy atom. The zero-order valence-electron chi connectivity index (χ0n) is 19.6. The van der Waals surface area contributed by atoms with E-state index in [0.717, 1.165) is 16.7 Å². The van der Waals surface area contributed by atoms with Gasteiger partial charge in [-0.25, -0.2) is 9.55 Å². The number of nitriles is 1. The minimum absolute atomic E-state index is 0.239. The zero-order valence-corrected chi connectivity index (χ0v) is 20.5. The molecular weight excluding hydrogens is 479 g/mol. The van der Waals surface area contributed by atoms with E-state index < -0.39 is 14.1 Å². The van der Waals surface area contributed by atoms with Gasteiger partial charge in [0.15, 0.2) is 0 Å². The quantitative estimate of drug-likeness (QED) is 0.268. The molecule has 2 aromatic carbocycles. The van der Waals surface area contributed by atoms with Gasteiger partial charge < -0.3 is 19.3 Å². The second-order valence-corrected chi connectivity index (χ2v) is 9.28. The molecule has 0 saturated carbocycles. The van der Waals surface area contributed by atoms with E-state index >= 15 is 0 Å². The van der Waals surface area contributed by atoms with E-state index in [1.807, 2.05) is 36.4 Å². The van der Waals surface area contributed by atoms with Crippen LogP contribution in [0.2, 0.25) is 0 Å². The Hall–Kier alpha value is -4.06. The number of amides is 1. The van der Waals surface area contributed by atoms with Crippen molar-refractivity contribution in [1.82, 2.24) is 9.55 Å². The summed E-state index contributed by atoms with van der Waals surface area (Å²) in [6, 6.07) is 18.5. The van der Waals surface area contributed by atoms with Gasteiger partial charge in [-0.2, -0.15) is 5.26 Å². The van der Waals surface area contributed by atoms with Gasteiger partial charge in [-0.05, 0) is 54.5 Å². The number of hydrogen-bond acceptors (Lipinski definition) is 5. The summed E-state index contributed by atoms with van der Waals surface area (Å²) in [5.74, 6) is -0.239. The van der Waals surface area contributed by atoms with E-state index in [0.29, 0.717) is 27.8 Å². The third-order valence-electron chi connectivity index (χ3n) is 5.73. The normalized spacial score (nSPS) is 12.2. The Morgan fingerprint density at radius 3 is 2.61 bits per heavy atom. The molecule has 4 aromatic rings. The summed E-state index contributed by atoms with van der Waals surface area (Å²) in [5, 5.41) is 10.1. The highest BCUT2D eigenvalue weighted by molar-refractivity contribution is 7.46. The van der Waals surface area contributed by atoms with Gasteiger partial charge in [0, 0.05) is 41.6 Å². The lowest BCUT2D eigenvalue weighted by Crippen LogP contribution is -2.23.